The lowest BCUT2D eigenvalue weighted by Gasteiger charge is -2.22. The number of rotatable bonds is 8. The summed E-state index contributed by atoms with van der Waals surface area (Å²) in [6, 6.07) is 8.96. The average molecular weight is 490 g/mol. The Morgan fingerprint density at radius 2 is 2.08 bits per heavy atom. The van der Waals surface area contributed by atoms with Gasteiger partial charge in [0, 0.05) is 6.20 Å². The third-order valence-corrected chi connectivity index (χ3v) is 5.33. The van der Waals surface area contributed by atoms with Crippen LogP contribution in [0.15, 0.2) is 49.1 Å². The molecule has 0 saturated heterocycles. The maximum Gasteiger partial charge on any atom is 0.255 e. The molecule has 0 aliphatic heterocycles. The number of aromatic nitrogens is 5. The van der Waals surface area contributed by atoms with Crippen LogP contribution in [0.25, 0.3) is 16.9 Å². The predicted molar refractivity (Wildman–Crippen MR) is 129 cm³/mol. The lowest BCUT2D eigenvalue weighted by atomic mass is 10.0. The normalized spacial score (nSPS) is 12.1. The van der Waals surface area contributed by atoms with Crippen molar-refractivity contribution in [3.05, 3.63) is 60.2 Å². The van der Waals surface area contributed by atoms with E-state index < -0.39 is 24.2 Å². The molecule has 0 spiro atoms. The Morgan fingerprint density at radius 3 is 2.81 bits per heavy atom. The third kappa shape index (κ3) is 5.21. The van der Waals surface area contributed by atoms with Gasteiger partial charge in [-0.3, -0.25) is 14.8 Å². The SMILES string of the molecule is COc1cncc(Nc2cc(-c3ccc4cc(C#N)cnn34)ncc2C(=O)NCC(F)C(C)(C)O)n1. The Kier molecular flexibility index (Phi) is 6.75. The van der Waals surface area contributed by atoms with E-state index in [1.54, 1.807) is 28.8 Å². The van der Waals surface area contributed by atoms with Crippen molar-refractivity contribution in [1.82, 2.24) is 29.9 Å². The van der Waals surface area contributed by atoms with Crippen molar-refractivity contribution < 1.29 is 19.0 Å². The van der Waals surface area contributed by atoms with Gasteiger partial charge in [0.05, 0.1) is 71.6 Å². The van der Waals surface area contributed by atoms with Gasteiger partial charge >= 0.3 is 0 Å². The van der Waals surface area contributed by atoms with Gasteiger partial charge in [0.2, 0.25) is 5.88 Å². The highest BCUT2D eigenvalue weighted by atomic mass is 19.1. The summed E-state index contributed by atoms with van der Waals surface area (Å²) in [5.74, 6) is -0.0332. The first-order valence-electron chi connectivity index (χ1n) is 10.9. The van der Waals surface area contributed by atoms with Gasteiger partial charge in [-0.05, 0) is 38.1 Å². The minimum atomic E-state index is -1.68. The van der Waals surface area contributed by atoms with E-state index in [1.807, 2.05) is 0 Å². The van der Waals surface area contributed by atoms with Crippen LogP contribution >= 0.6 is 0 Å². The minimum absolute atomic E-state index is 0.118. The van der Waals surface area contributed by atoms with Crippen LogP contribution < -0.4 is 15.4 Å². The molecule has 1 unspecified atom stereocenters. The van der Waals surface area contributed by atoms with Crippen LogP contribution in [-0.4, -0.2) is 61.0 Å². The van der Waals surface area contributed by atoms with E-state index in [0.717, 1.165) is 0 Å². The number of anilines is 2. The molecule has 11 nitrogen and oxygen atoms in total. The number of aliphatic hydroxyl groups is 1. The fourth-order valence-corrected chi connectivity index (χ4v) is 3.31. The van der Waals surface area contributed by atoms with Gasteiger partial charge in [-0.2, -0.15) is 15.3 Å². The standard InChI is InChI=1S/C24H23FN8O3/c1-24(2,35)20(25)11-29-23(34)16-10-28-18(7-17(16)31-21-12-27-13-22(32-21)36-3)19-5-4-15-6-14(8-26)9-30-33(15)19/h4-7,9-10,12-13,20,35H,11H2,1-3H3,(H,29,34)(H,28,31,32). The first kappa shape index (κ1) is 24.5. The topological polar surface area (TPSA) is 150 Å². The van der Waals surface area contributed by atoms with Crippen molar-refractivity contribution in [2.24, 2.45) is 0 Å². The molecule has 0 aliphatic rings. The number of nitrogens with one attached hydrogen (secondary N) is 2. The monoisotopic (exact) mass is 490 g/mol. The second-order valence-electron chi connectivity index (χ2n) is 8.43. The molecule has 4 aromatic heterocycles. The van der Waals surface area contributed by atoms with Gasteiger partial charge in [-0.15, -0.1) is 0 Å². The molecular weight excluding hydrogens is 467 g/mol. The summed E-state index contributed by atoms with van der Waals surface area (Å²) in [4.78, 5) is 25.7. The Hall–Kier alpha value is -4.63. The fraction of sp³-hybridized carbons (Fsp3) is 0.250. The number of halogens is 1. The van der Waals surface area contributed by atoms with Crippen LogP contribution in [0.1, 0.15) is 29.8 Å². The Bertz CT molecular complexity index is 1460. The zero-order valence-electron chi connectivity index (χ0n) is 19.7. The molecule has 1 amide bonds. The number of nitrogens with zero attached hydrogens (tertiary/aromatic N) is 6. The summed E-state index contributed by atoms with van der Waals surface area (Å²) >= 11 is 0. The highest BCUT2D eigenvalue weighted by Crippen LogP contribution is 2.27. The number of methoxy groups -OCH3 is 1. The van der Waals surface area contributed by atoms with Crippen molar-refractivity contribution in [3.8, 4) is 23.3 Å². The quantitative estimate of drug-likeness (QED) is 0.339. The van der Waals surface area contributed by atoms with E-state index >= 15 is 0 Å². The summed E-state index contributed by atoms with van der Waals surface area (Å²) in [6.07, 6.45) is 4.00. The third-order valence-electron chi connectivity index (χ3n) is 5.33. The number of alkyl halides is 1. The maximum absolute atomic E-state index is 14.2. The Morgan fingerprint density at radius 1 is 1.28 bits per heavy atom. The number of ether oxygens (including phenoxy) is 1. The maximum atomic E-state index is 14.2. The van der Waals surface area contributed by atoms with E-state index in [2.05, 4.69) is 36.8 Å². The number of hydrogen-bond acceptors (Lipinski definition) is 9. The molecule has 1 atom stereocenters. The first-order chi connectivity index (χ1) is 17.2. The van der Waals surface area contributed by atoms with E-state index in [9.17, 15) is 14.3 Å². The summed E-state index contributed by atoms with van der Waals surface area (Å²) in [7, 11) is 1.45. The van der Waals surface area contributed by atoms with E-state index in [4.69, 9.17) is 10.00 Å². The molecule has 4 heterocycles. The summed E-state index contributed by atoms with van der Waals surface area (Å²) in [5, 5.41) is 28.8. The van der Waals surface area contributed by atoms with Gasteiger partial charge in [0.1, 0.15) is 12.2 Å². The number of pyridine rings is 1. The van der Waals surface area contributed by atoms with Gasteiger partial charge in [-0.1, -0.05) is 0 Å². The number of carbonyl (C=O) groups is 1. The summed E-state index contributed by atoms with van der Waals surface area (Å²) in [6.45, 7) is 2.26. The summed E-state index contributed by atoms with van der Waals surface area (Å²) in [5.41, 5.74) is 1.04. The van der Waals surface area contributed by atoms with Gasteiger partial charge in [0.25, 0.3) is 5.91 Å². The molecule has 0 aromatic carbocycles. The Labute approximate surface area is 205 Å². The molecule has 36 heavy (non-hydrogen) atoms. The largest absolute Gasteiger partial charge is 0.480 e. The van der Waals surface area contributed by atoms with Crippen molar-refractivity contribution in [2.75, 3.05) is 19.0 Å². The van der Waals surface area contributed by atoms with Crippen LogP contribution in [0.4, 0.5) is 15.9 Å². The average Bonchev–Trinajstić information content (AvgIpc) is 3.29. The zero-order chi connectivity index (χ0) is 25.9. The zero-order valence-corrected chi connectivity index (χ0v) is 19.7. The molecule has 12 heteroatoms. The molecule has 3 N–H and O–H groups in total. The van der Waals surface area contributed by atoms with Crippen molar-refractivity contribution in [3.63, 3.8) is 0 Å². The molecular formula is C24H23FN8O3. The number of fused-ring (bicyclic) bond motifs is 1. The smallest absolute Gasteiger partial charge is 0.255 e. The van der Waals surface area contributed by atoms with Crippen molar-refractivity contribution >= 4 is 22.9 Å². The van der Waals surface area contributed by atoms with Gasteiger partial charge in [0.15, 0.2) is 5.82 Å². The van der Waals surface area contributed by atoms with Gasteiger partial charge < -0.3 is 20.5 Å². The van der Waals surface area contributed by atoms with Crippen LogP contribution in [0.5, 0.6) is 5.88 Å². The lowest BCUT2D eigenvalue weighted by Crippen LogP contribution is -2.42. The van der Waals surface area contributed by atoms with E-state index in [1.165, 1.54) is 45.7 Å². The summed E-state index contributed by atoms with van der Waals surface area (Å²) < 4.78 is 20.9. The van der Waals surface area contributed by atoms with Crippen LogP contribution in [-0.2, 0) is 0 Å². The molecule has 0 aliphatic carbocycles. The predicted octanol–water partition coefficient (Wildman–Crippen LogP) is 2.65. The molecule has 0 fully saturated rings. The van der Waals surface area contributed by atoms with Crippen molar-refractivity contribution in [1.29, 1.82) is 5.26 Å². The van der Waals surface area contributed by atoms with Crippen LogP contribution in [0.2, 0.25) is 0 Å². The van der Waals surface area contributed by atoms with Crippen LogP contribution in [0, 0.1) is 11.3 Å². The molecule has 184 valence electrons. The highest BCUT2D eigenvalue weighted by Gasteiger charge is 2.27. The Balaban J connectivity index is 1.72. The molecule has 0 saturated carbocycles. The van der Waals surface area contributed by atoms with Crippen LogP contribution in [0.3, 0.4) is 0 Å². The minimum Gasteiger partial charge on any atom is -0.480 e. The molecule has 0 radical (unpaired) electrons. The van der Waals surface area contributed by atoms with Crippen molar-refractivity contribution in [2.45, 2.75) is 25.6 Å². The van der Waals surface area contributed by atoms with Gasteiger partial charge in [-0.25, -0.2) is 8.91 Å². The number of carbonyl (C=O) groups excluding carboxylic acids is 1. The molecule has 4 rings (SSSR count). The number of amides is 1. The molecule has 4 aromatic rings. The highest BCUT2D eigenvalue weighted by molar-refractivity contribution is 6.00. The fourth-order valence-electron chi connectivity index (χ4n) is 3.31. The molecule has 0 bridgehead atoms. The number of hydrogen-bond donors (Lipinski definition) is 3. The van der Waals surface area contributed by atoms with E-state index in [-0.39, 0.29) is 11.4 Å². The lowest BCUT2D eigenvalue weighted by molar-refractivity contribution is -0.00177. The second-order valence-corrected chi connectivity index (χ2v) is 8.43. The first-order valence-corrected chi connectivity index (χ1v) is 10.9. The number of nitriles is 1. The van der Waals surface area contributed by atoms with E-state index in [0.29, 0.717) is 34.0 Å². The second kappa shape index (κ2) is 9.93.